The summed E-state index contributed by atoms with van der Waals surface area (Å²) < 4.78 is 35.0. The van der Waals surface area contributed by atoms with Gasteiger partial charge in [-0.2, -0.15) is 0 Å². The van der Waals surface area contributed by atoms with Crippen LogP contribution in [0.3, 0.4) is 0 Å². The summed E-state index contributed by atoms with van der Waals surface area (Å²) in [6.07, 6.45) is 0. The monoisotopic (exact) mass is 517 g/mol. The number of hydrogen-bond donors (Lipinski definition) is 0. The average molecular weight is 518 g/mol. The van der Waals surface area contributed by atoms with Crippen LogP contribution in [0, 0.1) is 0 Å². The van der Waals surface area contributed by atoms with Gasteiger partial charge in [0.15, 0.2) is 0 Å². The number of hydrogen-bond acceptors (Lipinski definition) is 4. The number of ether oxygens (including phenoxy) is 1. The highest BCUT2D eigenvalue weighted by atomic mass is 32.2. The fourth-order valence-electron chi connectivity index (χ4n) is 5.09. The van der Waals surface area contributed by atoms with Gasteiger partial charge in [-0.1, -0.05) is 97.1 Å². The summed E-state index contributed by atoms with van der Waals surface area (Å²) in [7, 11) is -4.25. The molecule has 0 bridgehead atoms. The molecule has 5 aromatic carbocycles. The maximum Gasteiger partial charge on any atom is 0.270 e. The number of benzene rings is 5. The van der Waals surface area contributed by atoms with Crippen molar-refractivity contribution in [1.29, 1.82) is 0 Å². The van der Waals surface area contributed by atoms with Gasteiger partial charge in [-0.3, -0.25) is 4.79 Å². The van der Waals surface area contributed by atoms with Crippen LogP contribution in [0.1, 0.15) is 16.7 Å². The van der Waals surface area contributed by atoms with Crippen LogP contribution in [0.5, 0.6) is 11.5 Å². The van der Waals surface area contributed by atoms with Crippen LogP contribution in [0.2, 0.25) is 0 Å². The van der Waals surface area contributed by atoms with Crippen LogP contribution < -0.4 is 9.04 Å². The van der Waals surface area contributed by atoms with E-state index >= 15 is 0 Å². The zero-order chi connectivity index (χ0) is 26.2. The number of amides is 1. The molecule has 0 saturated carbocycles. The molecule has 186 valence electrons. The molecule has 0 atom stereocenters. The number of carbonyl (C=O) groups excluding carboxylic acids is 1. The number of para-hydroxylation sites is 2. The van der Waals surface area contributed by atoms with E-state index in [-0.39, 0.29) is 4.90 Å². The Balaban J connectivity index is 1.48. The molecular weight excluding hydrogens is 494 g/mol. The lowest BCUT2D eigenvalue weighted by atomic mass is 9.70. The largest absolute Gasteiger partial charge is 0.457 e. The molecule has 6 rings (SSSR count). The summed E-state index contributed by atoms with van der Waals surface area (Å²) in [4.78, 5) is 14.5. The van der Waals surface area contributed by atoms with Crippen molar-refractivity contribution in [2.45, 2.75) is 10.3 Å². The third-order valence-corrected chi connectivity index (χ3v) is 8.50. The summed E-state index contributed by atoms with van der Waals surface area (Å²) >= 11 is 0. The zero-order valence-electron chi connectivity index (χ0n) is 20.3. The maximum atomic E-state index is 14.5. The minimum atomic E-state index is -4.25. The summed E-state index contributed by atoms with van der Waals surface area (Å²) in [6.45, 7) is 0. The first-order valence-corrected chi connectivity index (χ1v) is 13.6. The smallest absolute Gasteiger partial charge is 0.270 e. The summed E-state index contributed by atoms with van der Waals surface area (Å²) in [6, 6.07) is 41.1. The molecule has 1 aliphatic heterocycles. The fourth-order valence-corrected chi connectivity index (χ4v) is 6.56. The van der Waals surface area contributed by atoms with Gasteiger partial charge in [-0.25, -0.2) is 12.7 Å². The summed E-state index contributed by atoms with van der Waals surface area (Å²) in [5.41, 5.74) is 1.05. The number of rotatable bonds is 6. The van der Waals surface area contributed by atoms with Crippen molar-refractivity contribution in [3.63, 3.8) is 0 Å². The first-order chi connectivity index (χ1) is 18.5. The minimum Gasteiger partial charge on any atom is -0.457 e. The third kappa shape index (κ3) is 3.69. The third-order valence-electron chi connectivity index (χ3n) is 6.79. The molecule has 5 aromatic rings. The number of nitrogens with zero attached hydrogens (tertiary/aromatic N) is 1. The standard InChI is InChI=1S/C32H23NO4S/c34-31-32(24-12-4-1-5-13-24,25-14-6-2-7-15-25)29-18-10-11-19-30(29)33(31)38(35,36)28-22-20-27(21-23-28)37-26-16-8-3-9-17-26/h1-23H. The molecule has 1 heterocycles. The number of anilines is 1. The lowest BCUT2D eigenvalue weighted by molar-refractivity contribution is -0.119. The second kappa shape index (κ2) is 9.32. The normalized spacial score (nSPS) is 14.2. The lowest BCUT2D eigenvalue weighted by Crippen LogP contribution is -2.44. The molecule has 0 saturated heterocycles. The van der Waals surface area contributed by atoms with E-state index in [0.29, 0.717) is 33.9 Å². The van der Waals surface area contributed by atoms with Crippen molar-refractivity contribution in [3.8, 4) is 11.5 Å². The molecule has 0 unspecified atom stereocenters. The van der Waals surface area contributed by atoms with Crippen molar-refractivity contribution in [2.24, 2.45) is 0 Å². The van der Waals surface area contributed by atoms with E-state index in [2.05, 4.69) is 0 Å². The average Bonchev–Trinajstić information content (AvgIpc) is 3.24. The van der Waals surface area contributed by atoms with Gasteiger partial charge in [0, 0.05) is 5.56 Å². The Morgan fingerprint density at radius 2 is 1.03 bits per heavy atom. The minimum absolute atomic E-state index is 0.00186. The molecule has 38 heavy (non-hydrogen) atoms. The zero-order valence-corrected chi connectivity index (χ0v) is 21.1. The van der Waals surface area contributed by atoms with Crippen LogP contribution in [-0.4, -0.2) is 14.3 Å². The molecule has 0 N–H and O–H groups in total. The first-order valence-electron chi connectivity index (χ1n) is 12.2. The van der Waals surface area contributed by atoms with E-state index in [1.807, 2.05) is 103 Å². The molecule has 5 nitrogen and oxygen atoms in total. The van der Waals surface area contributed by atoms with Gasteiger partial charge in [0.05, 0.1) is 10.6 Å². The van der Waals surface area contributed by atoms with E-state index in [1.165, 1.54) is 12.1 Å². The van der Waals surface area contributed by atoms with Crippen LogP contribution in [0.15, 0.2) is 144 Å². The Morgan fingerprint density at radius 3 is 1.61 bits per heavy atom. The molecule has 1 aliphatic rings. The van der Waals surface area contributed by atoms with Gasteiger partial charge in [-0.15, -0.1) is 0 Å². The Bertz CT molecular complexity index is 1660. The van der Waals surface area contributed by atoms with Crippen molar-refractivity contribution in [3.05, 3.63) is 156 Å². The fraction of sp³-hybridized carbons (Fsp3) is 0.0312. The van der Waals surface area contributed by atoms with Crippen molar-refractivity contribution >= 4 is 21.6 Å². The highest BCUT2D eigenvalue weighted by Crippen LogP contribution is 2.51. The second-order valence-electron chi connectivity index (χ2n) is 8.96. The highest BCUT2D eigenvalue weighted by molar-refractivity contribution is 7.93. The molecule has 0 fully saturated rings. The number of fused-ring (bicyclic) bond motifs is 1. The molecular formula is C32H23NO4S. The summed E-state index contributed by atoms with van der Waals surface area (Å²) in [5, 5.41) is 0. The SMILES string of the molecule is O=C1N(S(=O)(=O)c2ccc(Oc3ccccc3)cc2)c2ccccc2C1(c1ccccc1)c1ccccc1. The Labute approximate surface area is 221 Å². The second-order valence-corrected chi connectivity index (χ2v) is 10.7. The van der Waals surface area contributed by atoms with Gasteiger partial charge < -0.3 is 4.74 Å². The van der Waals surface area contributed by atoms with E-state index in [0.717, 1.165) is 4.31 Å². The quantitative estimate of drug-likeness (QED) is 0.256. The topological polar surface area (TPSA) is 63.7 Å². The number of sulfonamides is 1. The Hall–Kier alpha value is -4.68. The molecule has 0 aromatic heterocycles. The van der Waals surface area contributed by atoms with Gasteiger partial charge in [-0.05, 0) is 53.6 Å². The highest BCUT2D eigenvalue weighted by Gasteiger charge is 2.56. The van der Waals surface area contributed by atoms with E-state index in [1.54, 1.807) is 24.3 Å². The molecule has 0 radical (unpaired) electrons. The summed E-state index contributed by atoms with van der Waals surface area (Å²) in [5.74, 6) is 0.592. The van der Waals surface area contributed by atoms with Crippen molar-refractivity contribution in [2.75, 3.05) is 4.31 Å². The van der Waals surface area contributed by atoms with Gasteiger partial charge in [0.2, 0.25) is 0 Å². The first kappa shape index (κ1) is 23.7. The predicted molar refractivity (Wildman–Crippen MR) is 147 cm³/mol. The van der Waals surface area contributed by atoms with Crippen LogP contribution in [0.4, 0.5) is 5.69 Å². The molecule has 6 heteroatoms. The Morgan fingerprint density at radius 1 is 0.553 bits per heavy atom. The van der Waals surface area contributed by atoms with Crippen molar-refractivity contribution in [1.82, 2.24) is 0 Å². The van der Waals surface area contributed by atoms with Crippen LogP contribution in [0.25, 0.3) is 0 Å². The Kier molecular flexibility index (Phi) is 5.81. The van der Waals surface area contributed by atoms with E-state index in [4.69, 9.17) is 4.74 Å². The van der Waals surface area contributed by atoms with E-state index < -0.39 is 21.3 Å². The van der Waals surface area contributed by atoms with E-state index in [9.17, 15) is 13.2 Å². The molecule has 1 amide bonds. The van der Waals surface area contributed by atoms with Gasteiger partial charge >= 0.3 is 0 Å². The van der Waals surface area contributed by atoms with Gasteiger partial charge in [0.25, 0.3) is 15.9 Å². The molecule has 0 spiro atoms. The lowest BCUT2D eigenvalue weighted by Gasteiger charge is -2.30. The van der Waals surface area contributed by atoms with Crippen LogP contribution >= 0.6 is 0 Å². The predicted octanol–water partition coefficient (Wildman–Crippen LogP) is 6.55. The molecule has 0 aliphatic carbocycles. The number of carbonyl (C=O) groups is 1. The maximum absolute atomic E-state index is 14.5. The van der Waals surface area contributed by atoms with Crippen LogP contribution in [-0.2, 0) is 20.2 Å². The van der Waals surface area contributed by atoms with Gasteiger partial charge in [0.1, 0.15) is 16.9 Å². The van der Waals surface area contributed by atoms with Crippen molar-refractivity contribution < 1.29 is 17.9 Å².